The van der Waals surface area contributed by atoms with E-state index in [9.17, 15) is 9.18 Å². The fraction of sp³-hybridized carbons (Fsp3) is 0.588. The zero-order chi connectivity index (χ0) is 16.5. The molecule has 0 radical (unpaired) electrons. The van der Waals surface area contributed by atoms with Gasteiger partial charge in [0.1, 0.15) is 23.5 Å². The number of carbonyl (C=O) groups excluding carboxylic acids is 1. The van der Waals surface area contributed by atoms with Gasteiger partial charge >= 0.3 is 0 Å². The van der Waals surface area contributed by atoms with E-state index in [4.69, 9.17) is 4.74 Å². The Morgan fingerprint density at radius 2 is 2.09 bits per heavy atom. The first-order valence-electron chi connectivity index (χ1n) is 7.61. The Balaban J connectivity index is 2.59. The average molecular weight is 327 g/mol. The highest BCUT2D eigenvalue weighted by Crippen LogP contribution is 2.19. The number of nitrogens with one attached hydrogen (secondary N) is 1. The maximum Gasteiger partial charge on any atom is 0.143 e. The van der Waals surface area contributed by atoms with Crippen LogP contribution >= 0.6 is 11.8 Å². The molecule has 0 bridgehead atoms. The second kappa shape index (κ2) is 9.85. The molecule has 1 N–H and O–H groups in total. The van der Waals surface area contributed by atoms with Gasteiger partial charge in [0.15, 0.2) is 0 Å². The van der Waals surface area contributed by atoms with Crippen LogP contribution < -0.4 is 10.1 Å². The highest BCUT2D eigenvalue weighted by atomic mass is 32.2. The van der Waals surface area contributed by atoms with Crippen LogP contribution in [0.15, 0.2) is 18.2 Å². The standard InChI is InChI=1S/C17H26FNO2S/c1-12(2)19-10-13(3)21-16-7-8-17(18)14(9-16)5-6-15(20)11-22-4/h7-9,12-13,19H,5-6,10-11H2,1-4H3. The van der Waals surface area contributed by atoms with Gasteiger partial charge in [-0.25, -0.2) is 4.39 Å². The summed E-state index contributed by atoms with van der Waals surface area (Å²) in [5, 5.41) is 3.30. The van der Waals surface area contributed by atoms with Crippen LogP contribution in [0.1, 0.15) is 32.8 Å². The molecule has 22 heavy (non-hydrogen) atoms. The average Bonchev–Trinajstić information content (AvgIpc) is 2.46. The van der Waals surface area contributed by atoms with E-state index >= 15 is 0 Å². The maximum atomic E-state index is 13.8. The van der Waals surface area contributed by atoms with Crippen molar-refractivity contribution >= 4 is 17.5 Å². The number of Topliss-reactive ketones (excluding diaryl/α,β-unsaturated/α-hetero) is 1. The predicted molar refractivity (Wildman–Crippen MR) is 91.3 cm³/mol. The molecule has 0 amide bonds. The minimum atomic E-state index is -0.280. The van der Waals surface area contributed by atoms with E-state index in [1.807, 2.05) is 13.2 Å². The molecule has 0 saturated carbocycles. The van der Waals surface area contributed by atoms with Gasteiger partial charge in [-0.05, 0) is 43.4 Å². The van der Waals surface area contributed by atoms with Gasteiger partial charge < -0.3 is 10.1 Å². The highest BCUT2D eigenvalue weighted by molar-refractivity contribution is 7.99. The van der Waals surface area contributed by atoms with E-state index in [-0.39, 0.29) is 17.7 Å². The lowest BCUT2D eigenvalue weighted by Crippen LogP contribution is -2.33. The molecular formula is C17H26FNO2S. The SMILES string of the molecule is CSCC(=O)CCc1cc(OC(C)CNC(C)C)ccc1F. The van der Waals surface area contributed by atoms with Crippen molar-refractivity contribution < 1.29 is 13.9 Å². The van der Waals surface area contributed by atoms with Crippen molar-refractivity contribution in [2.75, 3.05) is 18.6 Å². The van der Waals surface area contributed by atoms with E-state index in [1.54, 1.807) is 12.1 Å². The lowest BCUT2D eigenvalue weighted by molar-refractivity contribution is -0.116. The zero-order valence-corrected chi connectivity index (χ0v) is 14.6. The third kappa shape index (κ3) is 7.27. The van der Waals surface area contributed by atoms with Crippen molar-refractivity contribution in [2.24, 2.45) is 0 Å². The highest BCUT2D eigenvalue weighted by Gasteiger charge is 2.10. The zero-order valence-electron chi connectivity index (χ0n) is 13.8. The lowest BCUT2D eigenvalue weighted by atomic mass is 10.1. The van der Waals surface area contributed by atoms with Crippen molar-refractivity contribution in [3.63, 3.8) is 0 Å². The molecule has 0 saturated heterocycles. The molecule has 124 valence electrons. The Kier molecular flexibility index (Phi) is 8.49. The van der Waals surface area contributed by atoms with E-state index in [0.717, 1.165) is 6.54 Å². The molecule has 0 aromatic heterocycles. The molecule has 0 fully saturated rings. The van der Waals surface area contributed by atoms with E-state index in [2.05, 4.69) is 19.2 Å². The largest absolute Gasteiger partial charge is 0.489 e. The Labute approximate surface area is 137 Å². The summed E-state index contributed by atoms with van der Waals surface area (Å²) in [6.07, 6.45) is 2.67. The molecule has 3 nitrogen and oxygen atoms in total. The molecule has 5 heteroatoms. The van der Waals surface area contributed by atoms with Crippen molar-refractivity contribution in [3.8, 4) is 5.75 Å². The van der Waals surface area contributed by atoms with Crippen LogP contribution in [0.2, 0.25) is 0 Å². The van der Waals surface area contributed by atoms with Crippen LogP contribution in [0, 0.1) is 5.82 Å². The number of ketones is 1. The molecule has 1 aromatic rings. The van der Waals surface area contributed by atoms with Gasteiger partial charge in [-0.3, -0.25) is 4.79 Å². The summed E-state index contributed by atoms with van der Waals surface area (Å²) in [4.78, 5) is 11.6. The van der Waals surface area contributed by atoms with Crippen LogP contribution in [-0.2, 0) is 11.2 Å². The number of hydrogen-bond donors (Lipinski definition) is 1. The number of carbonyl (C=O) groups is 1. The van der Waals surface area contributed by atoms with Crippen molar-refractivity contribution in [3.05, 3.63) is 29.6 Å². The first-order chi connectivity index (χ1) is 10.4. The number of hydrogen-bond acceptors (Lipinski definition) is 4. The van der Waals surface area contributed by atoms with Gasteiger partial charge in [-0.1, -0.05) is 13.8 Å². The van der Waals surface area contributed by atoms with Gasteiger partial charge in [-0.2, -0.15) is 11.8 Å². The smallest absolute Gasteiger partial charge is 0.143 e. The number of aryl methyl sites for hydroxylation is 1. The van der Waals surface area contributed by atoms with Crippen LogP contribution in [-0.4, -0.2) is 36.5 Å². The minimum Gasteiger partial charge on any atom is -0.489 e. The first kappa shape index (κ1) is 19.0. The Morgan fingerprint density at radius 3 is 2.73 bits per heavy atom. The number of benzene rings is 1. The summed E-state index contributed by atoms with van der Waals surface area (Å²) < 4.78 is 19.6. The number of ether oxygens (including phenoxy) is 1. The molecule has 0 spiro atoms. The second-order valence-corrected chi connectivity index (χ2v) is 6.58. The molecule has 0 aliphatic heterocycles. The quantitative estimate of drug-likeness (QED) is 0.714. The third-order valence-electron chi connectivity index (χ3n) is 3.15. The molecule has 1 atom stereocenters. The summed E-state index contributed by atoms with van der Waals surface area (Å²) in [6.45, 7) is 6.86. The summed E-state index contributed by atoms with van der Waals surface area (Å²) in [7, 11) is 0. The van der Waals surface area contributed by atoms with E-state index < -0.39 is 0 Å². The van der Waals surface area contributed by atoms with Crippen LogP contribution in [0.4, 0.5) is 4.39 Å². The number of thioether (sulfide) groups is 1. The molecule has 1 rings (SSSR count). The topological polar surface area (TPSA) is 38.3 Å². The maximum absolute atomic E-state index is 13.8. The van der Waals surface area contributed by atoms with Gasteiger partial charge in [0, 0.05) is 19.0 Å². The fourth-order valence-electron chi connectivity index (χ4n) is 2.00. The Bertz CT molecular complexity index is 480. The third-order valence-corrected chi connectivity index (χ3v) is 3.76. The van der Waals surface area contributed by atoms with Gasteiger partial charge in [0.05, 0.1) is 5.75 Å². The Morgan fingerprint density at radius 1 is 1.36 bits per heavy atom. The second-order valence-electron chi connectivity index (χ2n) is 5.72. The summed E-state index contributed by atoms with van der Waals surface area (Å²) in [5.41, 5.74) is 0.538. The van der Waals surface area contributed by atoms with Crippen LogP contribution in [0.5, 0.6) is 5.75 Å². The molecular weight excluding hydrogens is 301 g/mol. The van der Waals surface area contributed by atoms with E-state index in [1.165, 1.54) is 17.8 Å². The normalized spacial score (nSPS) is 12.5. The summed E-state index contributed by atoms with van der Waals surface area (Å²) in [6, 6.07) is 5.14. The monoisotopic (exact) mass is 327 g/mol. The van der Waals surface area contributed by atoms with Gasteiger partial charge in [0.2, 0.25) is 0 Å². The van der Waals surface area contributed by atoms with Gasteiger partial charge in [-0.15, -0.1) is 0 Å². The van der Waals surface area contributed by atoms with Gasteiger partial charge in [0.25, 0.3) is 0 Å². The molecule has 1 unspecified atom stereocenters. The predicted octanol–water partition coefficient (Wildman–Crippen LogP) is 3.46. The first-order valence-corrected chi connectivity index (χ1v) is 9.00. The minimum absolute atomic E-state index is 0.00108. The van der Waals surface area contributed by atoms with E-state index in [0.29, 0.717) is 35.9 Å². The molecule has 0 heterocycles. The number of rotatable bonds is 10. The van der Waals surface area contributed by atoms with Crippen LogP contribution in [0.25, 0.3) is 0 Å². The van der Waals surface area contributed by atoms with Crippen molar-refractivity contribution in [1.29, 1.82) is 0 Å². The molecule has 1 aromatic carbocycles. The summed E-state index contributed by atoms with van der Waals surface area (Å²) >= 11 is 1.49. The molecule has 0 aliphatic carbocycles. The number of halogens is 1. The molecule has 0 aliphatic rings. The fourth-order valence-corrected chi connectivity index (χ4v) is 2.47. The lowest BCUT2D eigenvalue weighted by Gasteiger charge is -2.17. The Hall–Kier alpha value is -1.07. The van der Waals surface area contributed by atoms with Crippen LogP contribution in [0.3, 0.4) is 0 Å². The summed E-state index contributed by atoms with van der Waals surface area (Å²) in [5.74, 6) is 0.993. The van der Waals surface area contributed by atoms with Crippen molar-refractivity contribution in [1.82, 2.24) is 5.32 Å². The van der Waals surface area contributed by atoms with Crippen molar-refractivity contribution in [2.45, 2.75) is 45.8 Å².